The first-order chi connectivity index (χ1) is 14.4. The molecular weight excluding hydrogens is 400 g/mol. The van der Waals surface area contributed by atoms with E-state index < -0.39 is 11.9 Å². The molecule has 30 heavy (non-hydrogen) atoms. The van der Waals surface area contributed by atoms with E-state index in [9.17, 15) is 19.5 Å². The van der Waals surface area contributed by atoms with Gasteiger partial charge in [0.05, 0.1) is 17.0 Å². The largest absolute Gasteiger partial charge is 0.478 e. The minimum atomic E-state index is -1.12. The maximum Gasteiger partial charge on any atom is 0.337 e. The van der Waals surface area contributed by atoms with Crippen molar-refractivity contribution >= 4 is 40.9 Å². The Hall–Kier alpha value is -3.58. The fourth-order valence-electron chi connectivity index (χ4n) is 2.77. The maximum absolute atomic E-state index is 12.5. The number of nitrogens with one attached hydrogen (secondary N) is 2. The lowest BCUT2D eigenvalue weighted by atomic mass is 10.1. The highest BCUT2D eigenvalue weighted by Gasteiger charge is 2.14. The van der Waals surface area contributed by atoms with E-state index in [1.54, 1.807) is 37.3 Å². The molecule has 0 aliphatic heterocycles. The molecule has 3 aromatic carbocycles. The Morgan fingerprint density at radius 1 is 0.867 bits per heavy atom. The minimum Gasteiger partial charge on any atom is -0.478 e. The Bertz CT molecular complexity index is 1080. The molecule has 0 heterocycles. The lowest BCUT2D eigenvalue weighted by Gasteiger charge is -2.12. The van der Waals surface area contributed by atoms with Crippen molar-refractivity contribution in [2.75, 3.05) is 16.4 Å². The van der Waals surface area contributed by atoms with Gasteiger partial charge in [-0.15, -0.1) is 11.8 Å². The topological polar surface area (TPSA) is 95.5 Å². The summed E-state index contributed by atoms with van der Waals surface area (Å²) in [4.78, 5) is 37.1. The van der Waals surface area contributed by atoms with E-state index in [2.05, 4.69) is 10.6 Å². The number of carbonyl (C=O) groups is 3. The van der Waals surface area contributed by atoms with Crippen LogP contribution in [0.3, 0.4) is 0 Å². The van der Waals surface area contributed by atoms with E-state index >= 15 is 0 Å². The summed E-state index contributed by atoms with van der Waals surface area (Å²) in [6.45, 7) is 1.79. The molecule has 0 atom stereocenters. The third kappa shape index (κ3) is 5.48. The lowest BCUT2D eigenvalue weighted by molar-refractivity contribution is -0.113. The zero-order valence-electron chi connectivity index (χ0n) is 16.2. The van der Waals surface area contributed by atoms with E-state index in [4.69, 9.17) is 0 Å². The van der Waals surface area contributed by atoms with Crippen LogP contribution in [0.5, 0.6) is 0 Å². The Morgan fingerprint density at radius 2 is 1.57 bits per heavy atom. The molecule has 0 unspecified atom stereocenters. The van der Waals surface area contributed by atoms with Gasteiger partial charge in [0.15, 0.2) is 0 Å². The van der Waals surface area contributed by atoms with E-state index in [1.165, 1.54) is 23.9 Å². The number of aromatic carboxylic acids is 1. The number of rotatable bonds is 7. The van der Waals surface area contributed by atoms with Gasteiger partial charge in [-0.3, -0.25) is 9.59 Å². The highest BCUT2D eigenvalue weighted by molar-refractivity contribution is 8.00. The van der Waals surface area contributed by atoms with Gasteiger partial charge in [0.25, 0.3) is 5.91 Å². The third-order valence-electron chi connectivity index (χ3n) is 4.28. The average Bonchev–Trinajstić information content (AvgIpc) is 2.74. The van der Waals surface area contributed by atoms with Crippen LogP contribution in [0.2, 0.25) is 0 Å². The van der Waals surface area contributed by atoms with Crippen molar-refractivity contribution in [2.45, 2.75) is 11.8 Å². The molecule has 0 aliphatic rings. The normalized spacial score (nSPS) is 10.3. The second kappa shape index (κ2) is 9.76. The van der Waals surface area contributed by atoms with E-state index in [-0.39, 0.29) is 22.9 Å². The van der Waals surface area contributed by atoms with E-state index in [0.717, 1.165) is 10.5 Å². The van der Waals surface area contributed by atoms with Gasteiger partial charge in [-0.1, -0.05) is 30.3 Å². The van der Waals surface area contributed by atoms with Crippen LogP contribution in [0.25, 0.3) is 0 Å². The molecule has 3 N–H and O–H groups in total. The summed E-state index contributed by atoms with van der Waals surface area (Å²) in [6.07, 6.45) is 0. The SMILES string of the molecule is Cc1cc(C(=O)Nc2ccccc2C(=O)O)ccc1NC(=O)CSc1ccccc1. The molecule has 0 radical (unpaired) electrons. The first-order valence-electron chi connectivity index (χ1n) is 9.16. The second-order valence-electron chi connectivity index (χ2n) is 6.48. The summed E-state index contributed by atoms with van der Waals surface area (Å²) in [5, 5.41) is 14.7. The third-order valence-corrected chi connectivity index (χ3v) is 5.29. The Morgan fingerprint density at radius 3 is 2.27 bits per heavy atom. The van der Waals surface area contributed by atoms with Crippen LogP contribution < -0.4 is 10.6 Å². The van der Waals surface area contributed by atoms with Crippen LogP contribution in [-0.2, 0) is 4.79 Å². The predicted octanol–water partition coefficient (Wildman–Crippen LogP) is 4.68. The van der Waals surface area contributed by atoms with Crippen molar-refractivity contribution in [3.8, 4) is 0 Å². The standard InChI is InChI=1S/C23H20N2O4S/c1-15-13-16(22(27)25-20-10-6-5-9-18(20)23(28)29)11-12-19(15)24-21(26)14-30-17-7-3-2-4-8-17/h2-13H,14H2,1H3,(H,24,26)(H,25,27)(H,28,29). The van der Waals surface area contributed by atoms with Crippen molar-refractivity contribution in [3.05, 3.63) is 89.5 Å². The Labute approximate surface area is 178 Å². The number of thioether (sulfide) groups is 1. The highest BCUT2D eigenvalue weighted by Crippen LogP contribution is 2.21. The smallest absolute Gasteiger partial charge is 0.337 e. The van der Waals surface area contributed by atoms with Gasteiger partial charge in [0, 0.05) is 16.1 Å². The molecule has 0 saturated heterocycles. The fraction of sp³-hybridized carbons (Fsp3) is 0.0870. The molecule has 0 bridgehead atoms. The number of carboxylic acid groups (broad SMARTS) is 1. The predicted molar refractivity (Wildman–Crippen MR) is 118 cm³/mol. The van der Waals surface area contributed by atoms with E-state index in [0.29, 0.717) is 11.3 Å². The zero-order chi connectivity index (χ0) is 21.5. The van der Waals surface area contributed by atoms with Gasteiger partial charge in [0.1, 0.15) is 0 Å². The average molecular weight is 420 g/mol. The number of hydrogen-bond acceptors (Lipinski definition) is 4. The molecule has 0 saturated carbocycles. The number of hydrogen-bond donors (Lipinski definition) is 3. The summed E-state index contributed by atoms with van der Waals surface area (Å²) in [5.41, 5.74) is 1.96. The van der Waals surface area contributed by atoms with Gasteiger partial charge < -0.3 is 15.7 Å². The molecule has 7 heteroatoms. The monoisotopic (exact) mass is 420 g/mol. The van der Waals surface area contributed by atoms with E-state index in [1.807, 2.05) is 30.3 Å². The molecule has 0 aliphatic carbocycles. The summed E-state index contributed by atoms with van der Waals surface area (Å²) in [5.74, 6) is -1.41. The van der Waals surface area contributed by atoms with Crippen molar-refractivity contribution in [1.29, 1.82) is 0 Å². The first kappa shape index (κ1) is 21.1. The Balaban J connectivity index is 1.64. The van der Waals surface area contributed by atoms with Crippen LogP contribution in [0.1, 0.15) is 26.3 Å². The number of benzene rings is 3. The number of anilines is 2. The second-order valence-corrected chi connectivity index (χ2v) is 7.53. The van der Waals surface area contributed by atoms with Gasteiger partial charge in [-0.25, -0.2) is 4.79 Å². The lowest BCUT2D eigenvalue weighted by Crippen LogP contribution is -2.17. The number of carbonyl (C=O) groups excluding carboxylic acids is 2. The number of aryl methyl sites for hydroxylation is 1. The molecule has 0 spiro atoms. The molecule has 6 nitrogen and oxygen atoms in total. The molecule has 3 aromatic rings. The molecular formula is C23H20N2O4S. The molecule has 0 fully saturated rings. The van der Waals surface area contributed by atoms with Crippen molar-refractivity contribution in [2.24, 2.45) is 0 Å². The molecule has 0 aromatic heterocycles. The first-order valence-corrected chi connectivity index (χ1v) is 10.1. The van der Waals surface area contributed by atoms with Crippen LogP contribution in [0.15, 0.2) is 77.7 Å². The van der Waals surface area contributed by atoms with Gasteiger partial charge in [0.2, 0.25) is 5.91 Å². The number of amides is 2. The molecule has 152 valence electrons. The number of para-hydroxylation sites is 1. The van der Waals surface area contributed by atoms with Crippen molar-refractivity contribution < 1.29 is 19.5 Å². The van der Waals surface area contributed by atoms with Crippen molar-refractivity contribution in [3.63, 3.8) is 0 Å². The molecule has 2 amide bonds. The summed E-state index contributed by atoms with van der Waals surface area (Å²) in [7, 11) is 0. The summed E-state index contributed by atoms with van der Waals surface area (Å²) in [6, 6.07) is 20.8. The van der Waals surface area contributed by atoms with Gasteiger partial charge in [-0.2, -0.15) is 0 Å². The van der Waals surface area contributed by atoms with Crippen LogP contribution in [0.4, 0.5) is 11.4 Å². The van der Waals surface area contributed by atoms with Crippen LogP contribution >= 0.6 is 11.8 Å². The highest BCUT2D eigenvalue weighted by atomic mass is 32.2. The number of carboxylic acids is 1. The summed E-state index contributed by atoms with van der Waals surface area (Å²) >= 11 is 1.44. The van der Waals surface area contributed by atoms with Crippen molar-refractivity contribution in [1.82, 2.24) is 0 Å². The van der Waals surface area contributed by atoms with Crippen LogP contribution in [-0.4, -0.2) is 28.6 Å². The minimum absolute atomic E-state index is 0.0161. The molecule has 3 rings (SSSR count). The summed E-state index contributed by atoms with van der Waals surface area (Å²) < 4.78 is 0. The Kier molecular flexibility index (Phi) is 6.87. The van der Waals surface area contributed by atoms with Gasteiger partial charge >= 0.3 is 5.97 Å². The van der Waals surface area contributed by atoms with Gasteiger partial charge in [-0.05, 0) is 55.0 Å². The fourth-order valence-corrected chi connectivity index (χ4v) is 3.49. The van der Waals surface area contributed by atoms with Crippen LogP contribution in [0, 0.1) is 6.92 Å². The maximum atomic E-state index is 12.5. The zero-order valence-corrected chi connectivity index (χ0v) is 17.0. The quantitative estimate of drug-likeness (QED) is 0.483.